The first-order chi connectivity index (χ1) is 15.0. The predicted octanol–water partition coefficient (Wildman–Crippen LogP) is 4.82. The van der Waals surface area contributed by atoms with Gasteiger partial charge in [0.25, 0.3) is 5.91 Å². The Morgan fingerprint density at radius 1 is 1.13 bits per heavy atom. The van der Waals surface area contributed by atoms with Gasteiger partial charge in [0.2, 0.25) is 0 Å². The molecule has 0 aliphatic carbocycles. The van der Waals surface area contributed by atoms with Crippen molar-refractivity contribution in [3.05, 3.63) is 51.0 Å². The van der Waals surface area contributed by atoms with Crippen LogP contribution in [0.1, 0.15) is 10.4 Å². The van der Waals surface area contributed by atoms with Crippen LogP contribution in [0, 0.1) is 0 Å². The second-order valence-electron chi connectivity index (χ2n) is 7.13. The van der Waals surface area contributed by atoms with Crippen LogP contribution in [0.4, 0.5) is 5.13 Å². The average Bonchev–Trinajstić information content (AvgIpc) is 3.18. The van der Waals surface area contributed by atoms with Crippen molar-refractivity contribution in [1.82, 2.24) is 15.2 Å². The molecule has 0 spiro atoms. The molecule has 0 atom stereocenters. The lowest BCUT2D eigenvalue weighted by atomic mass is 10.2. The molecule has 10 heteroatoms. The highest BCUT2D eigenvalue weighted by Gasteiger charge is 2.21. The molecule has 0 radical (unpaired) electrons. The number of aromatic nitrogens is 1. The molecule has 31 heavy (non-hydrogen) atoms. The monoisotopic (exact) mass is 498 g/mol. The molecule has 6 nitrogen and oxygen atoms in total. The molecule has 1 aromatic heterocycles. The number of carbonyl (C=O) groups excluding carboxylic acids is 1. The quantitative estimate of drug-likeness (QED) is 0.527. The second-order valence-corrected chi connectivity index (χ2v) is 9.39. The van der Waals surface area contributed by atoms with Gasteiger partial charge in [0.1, 0.15) is 5.52 Å². The summed E-state index contributed by atoms with van der Waals surface area (Å²) in [5, 5.41) is 5.33. The van der Waals surface area contributed by atoms with Gasteiger partial charge < -0.3 is 15.0 Å². The highest BCUT2D eigenvalue weighted by atomic mass is 35.5. The van der Waals surface area contributed by atoms with Crippen LogP contribution >= 0.6 is 46.1 Å². The van der Waals surface area contributed by atoms with Gasteiger partial charge in [-0.25, -0.2) is 4.98 Å². The zero-order valence-corrected chi connectivity index (χ0v) is 19.9. The number of rotatable bonds is 6. The second kappa shape index (κ2) is 9.79. The van der Waals surface area contributed by atoms with Gasteiger partial charge in [-0.05, 0) is 30.3 Å². The number of amides is 1. The molecule has 0 unspecified atom stereocenters. The summed E-state index contributed by atoms with van der Waals surface area (Å²) < 4.78 is 6.48. The smallest absolute Gasteiger partial charge is 0.252 e. The Bertz CT molecular complexity index is 1100. The van der Waals surface area contributed by atoms with Crippen LogP contribution in [0.2, 0.25) is 15.1 Å². The van der Waals surface area contributed by atoms with Crippen molar-refractivity contribution in [2.45, 2.75) is 0 Å². The topological polar surface area (TPSA) is 57.7 Å². The minimum atomic E-state index is -0.192. The van der Waals surface area contributed by atoms with E-state index >= 15 is 0 Å². The molecule has 1 aliphatic heterocycles. The van der Waals surface area contributed by atoms with Crippen LogP contribution in [0.25, 0.3) is 10.2 Å². The van der Waals surface area contributed by atoms with E-state index in [1.165, 1.54) is 0 Å². The zero-order chi connectivity index (χ0) is 22.0. The van der Waals surface area contributed by atoms with Gasteiger partial charge >= 0.3 is 0 Å². The SMILES string of the molecule is COc1c(Cl)ccc2sc(N3CCN(CCNC(=O)c4ccc(Cl)cc4Cl)CC3)nc12. The van der Waals surface area contributed by atoms with Crippen molar-refractivity contribution >= 4 is 67.4 Å². The summed E-state index contributed by atoms with van der Waals surface area (Å²) in [4.78, 5) is 21.7. The first-order valence-corrected chi connectivity index (χ1v) is 11.7. The fourth-order valence-corrected chi connectivity index (χ4v) is 5.26. The first-order valence-electron chi connectivity index (χ1n) is 9.80. The van der Waals surface area contributed by atoms with Crippen LogP contribution in [0.3, 0.4) is 0 Å². The molecule has 0 saturated carbocycles. The van der Waals surface area contributed by atoms with Gasteiger partial charge in [-0.1, -0.05) is 46.1 Å². The van der Waals surface area contributed by atoms with E-state index < -0.39 is 0 Å². The van der Waals surface area contributed by atoms with Gasteiger partial charge in [-0.2, -0.15) is 0 Å². The molecular formula is C21H21Cl3N4O2S. The van der Waals surface area contributed by atoms with E-state index in [-0.39, 0.29) is 5.91 Å². The van der Waals surface area contributed by atoms with E-state index in [9.17, 15) is 4.79 Å². The number of halogens is 3. The van der Waals surface area contributed by atoms with Gasteiger partial charge in [-0.15, -0.1) is 0 Å². The maximum Gasteiger partial charge on any atom is 0.252 e. The van der Waals surface area contributed by atoms with Crippen molar-refractivity contribution in [3.63, 3.8) is 0 Å². The molecule has 1 aliphatic rings. The highest BCUT2D eigenvalue weighted by molar-refractivity contribution is 7.22. The van der Waals surface area contributed by atoms with Crippen molar-refractivity contribution in [2.24, 2.45) is 0 Å². The summed E-state index contributed by atoms with van der Waals surface area (Å²) in [6.07, 6.45) is 0. The van der Waals surface area contributed by atoms with Gasteiger partial charge in [0, 0.05) is 44.3 Å². The van der Waals surface area contributed by atoms with E-state index in [1.807, 2.05) is 12.1 Å². The number of anilines is 1. The Balaban J connectivity index is 1.29. The normalized spacial score (nSPS) is 14.8. The average molecular weight is 500 g/mol. The highest BCUT2D eigenvalue weighted by Crippen LogP contribution is 2.38. The molecule has 2 heterocycles. The molecular weight excluding hydrogens is 479 g/mol. The Kier molecular flexibility index (Phi) is 7.08. The van der Waals surface area contributed by atoms with Crippen LogP contribution in [0.15, 0.2) is 30.3 Å². The number of thiazole rings is 1. The van der Waals surface area contributed by atoms with Gasteiger partial charge in [-0.3, -0.25) is 9.69 Å². The number of ether oxygens (including phenoxy) is 1. The number of nitrogens with one attached hydrogen (secondary N) is 1. The summed E-state index contributed by atoms with van der Waals surface area (Å²) in [6, 6.07) is 8.69. The Morgan fingerprint density at radius 2 is 1.90 bits per heavy atom. The van der Waals surface area contributed by atoms with E-state index in [0.29, 0.717) is 32.9 Å². The Morgan fingerprint density at radius 3 is 2.61 bits per heavy atom. The largest absolute Gasteiger partial charge is 0.493 e. The standard InChI is InChI=1S/C21H21Cl3N4O2S/c1-30-19-15(23)4-5-17-18(19)26-21(31-17)28-10-8-27(9-11-28)7-6-25-20(29)14-3-2-13(22)12-16(14)24/h2-5,12H,6-11H2,1H3,(H,25,29). The number of hydrogen-bond donors (Lipinski definition) is 1. The third-order valence-corrected chi connectivity index (χ3v) is 7.12. The molecule has 3 aromatic rings. The molecule has 1 saturated heterocycles. The minimum absolute atomic E-state index is 0.192. The molecule has 1 N–H and O–H groups in total. The van der Waals surface area contributed by atoms with Crippen LogP contribution in [-0.2, 0) is 0 Å². The summed E-state index contributed by atoms with van der Waals surface area (Å²) in [6.45, 7) is 4.85. The van der Waals surface area contributed by atoms with Crippen LogP contribution < -0.4 is 15.0 Å². The molecule has 1 fully saturated rings. The van der Waals surface area contributed by atoms with Gasteiger partial charge in [0.15, 0.2) is 10.9 Å². The Labute approximate surface area is 199 Å². The Hall–Kier alpha value is -1.77. The predicted molar refractivity (Wildman–Crippen MR) is 129 cm³/mol. The number of hydrogen-bond acceptors (Lipinski definition) is 6. The van der Waals surface area contributed by atoms with Gasteiger partial charge in [0.05, 0.1) is 27.4 Å². The molecule has 164 valence electrons. The molecule has 4 rings (SSSR count). The zero-order valence-electron chi connectivity index (χ0n) is 16.8. The summed E-state index contributed by atoms with van der Waals surface area (Å²) in [5.41, 5.74) is 1.24. The van der Waals surface area contributed by atoms with E-state index in [1.54, 1.807) is 36.6 Å². The molecule has 0 bridgehead atoms. The number of piperazine rings is 1. The maximum absolute atomic E-state index is 12.3. The van der Waals surface area contributed by atoms with Crippen molar-refractivity contribution < 1.29 is 9.53 Å². The number of nitrogens with zero attached hydrogens (tertiary/aromatic N) is 3. The fourth-order valence-electron chi connectivity index (χ4n) is 3.52. The van der Waals surface area contributed by atoms with Crippen LogP contribution in [0.5, 0.6) is 5.75 Å². The summed E-state index contributed by atoms with van der Waals surface area (Å²) in [7, 11) is 1.61. The van der Waals surface area contributed by atoms with Crippen molar-refractivity contribution in [3.8, 4) is 5.75 Å². The minimum Gasteiger partial charge on any atom is -0.493 e. The third-order valence-electron chi connectivity index (χ3n) is 5.19. The lowest BCUT2D eigenvalue weighted by molar-refractivity contribution is 0.0948. The number of benzene rings is 2. The van der Waals surface area contributed by atoms with Crippen molar-refractivity contribution in [1.29, 1.82) is 0 Å². The fraction of sp³-hybridized carbons (Fsp3) is 0.333. The summed E-state index contributed by atoms with van der Waals surface area (Å²) in [5.74, 6) is 0.430. The summed E-state index contributed by atoms with van der Waals surface area (Å²) >= 11 is 19.9. The number of fused-ring (bicyclic) bond motifs is 1. The van der Waals surface area contributed by atoms with E-state index in [2.05, 4.69) is 15.1 Å². The molecule has 1 amide bonds. The lowest BCUT2D eigenvalue weighted by Gasteiger charge is -2.34. The van der Waals surface area contributed by atoms with Crippen LogP contribution in [-0.4, -0.2) is 62.2 Å². The maximum atomic E-state index is 12.3. The van der Waals surface area contributed by atoms with E-state index in [4.69, 9.17) is 44.5 Å². The van der Waals surface area contributed by atoms with Crippen molar-refractivity contribution in [2.75, 3.05) is 51.3 Å². The third kappa shape index (κ3) is 5.02. The molecule has 2 aromatic carbocycles. The first kappa shape index (κ1) is 22.4. The number of methoxy groups -OCH3 is 1. The number of carbonyl (C=O) groups is 1. The lowest BCUT2D eigenvalue weighted by Crippen LogP contribution is -2.48. The van der Waals surface area contributed by atoms with E-state index in [0.717, 1.165) is 48.1 Å².